The minimum Gasteiger partial charge on any atom is -0.457 e. The molecular formula is C62H46O. The molecule has 0 saturated carbocycles. The Morgan fingerprint density at radius 1 is 0.222 bits per heavy atom. The summed E-state index contributed by atoms with van der Waals surface area (Å²) in [4.78, 5) is 0. The Labute approximate surface area is 371 Å². The second-order valence-electron chi connectivity index (χ2n) is 16.1. The molecule has 0 unspecified atom stereocenters. The summed E-state index contributed by atoms with van der Waals surface area (Å²) in [5, 5.41) is 0. The van der Waals surface area contributed by atoms with E-state index in [-0.39, 0.29) is 0 Å². The molecule has 63 heavy (non-hydrogen) atoms. The van der Waals surface area contributed by atoms with Crippen LogP contribution in [0.3, 0.4) is 0 Å². The van der Waals surface area contributed by atoms with E-state index in [2.05, 4.69) is 257 Å². The largest absolute Gasteiger partial charge is 0.457 e. The number of hydrogen-bond acceptors (Lipinski definition) is 1. The maximum absolute atomic E-state index is 6.64. The summed E-state index contributed by atoms with van der Waals surface area (Å²) in [7, 11) is 0. The number of hydrogen-bond donors (Lipinski definition) is 0. The van der Waals surface area contributed by atoms with E-state index in [9.17, 15) is 0 Å². The van der Waals surface area contributed by atoms with Crippen molar-refractivity contribution in [3.8, 4) is 101 Å². The SMILES string of the molecule is Cc1cc(-c2ccccc2)c(-c2ccc(Oc3ccc(-c4c(-c5ccccc5)cc(C)c(-c5ccccc5)c4-c4ccccc4)cc3)cc2)c(-c2ccccc2)c1-c1ccccc1. The summed E-state index contributed by atoms with van der Waals surface area (Å²) >= 11 is 0. The van der Waals surface area contributed by atoms with E-state index >= 15 is 0 Å². The van der Waals surface area contributed by atoms with Gasteiger partial charge in [-0.05, 0) is 138 Å². The fourth-order valence-electron chi connectivity index (χ4n) is 9.18. The minimum atomic E-state index is 0.779. The molecule has 300 valence electrons. The molecule has 0 aliphatic carbocycles. The van der Waals surface area contributed by atoms with Gasteiger partial charge in [0.25, 0.3) is 0 Å². The molecule has 1 heteroatoms. The first kappa shape index (κ1) is 39.2. The van der Waals surface area contributed by atoms with Crippen molar-refractivity contribution in [3.63, 3.8) is 0 Å². The predicted molar refractivity (Wildman–Crippen MR) is 266 cm³/mol. The zero-order valence-electron chi connectivity index (χ0n) is 35.5. The minimum absolute atomic E-state index is 0.779. The van der Waals surface area contributed by atoms with Gasteiger partial charge in [-0.1, -0.05) is 218 Å². The molecule has 0 radical (unpaired) electrons. The van der Waals surface area contributed by atoms with Crippen LogP contribution in [0.15, 0.2) is 243 Å². The van der Waals surface area contributed by atoms with Crippen LogP contribution in [-0.2, 0) is 0 Å². The highest BCUT2D eigenvalue weighted by Crippen LogP contribution is 2.49. The summed E-state index contributed by atoms with van der Waals surface area (Å²) in [6, 6.07) is 86.6. The summed E-state index contributed by atoms with van der Waals surface area (Å²) < 4.78 is 6.64. The monoisotopic (exact) mass is 806 g/mol. The van der Waals surface area contributed by atoms with Crippen molar-refractivity contribution in [3.05, 3.63) is 254 Å². The lowest BCUT2D eigenvalue weighted by Gasteiger charge is -2.23. The Hall–Kier alpha value is -8.00. The van der Waals surface area contributed by atoms with E-state index in [1.807, 2.05) is 0 Å². The summed E-state index contributed by atoms with van der Waals surface area (Å²) in [6.45, 7) is 4.47. The highest BCUT2D eigenvalue weighted by Gasteiger charge is 2.23. The molecule has 1 nitrogen and oxygen atoms in total. The van der Waals surface area contributed by atoms with Crippen molar-refractivity contribution < 1.29 is 4.74 Å². The van der Waals surface area contributed by atoms with Crippen molar-refractivity contribution >= 4 is 0 Å². The Bertz CT molecular complexity index is 2900. The maximum atomic E-state index is 6.64. The van der Waals surface area contributed by atoms with Gasteiger partial charge in [-0.3, -0.25) is 0 Å². The zero-order chi connectivity index (χ0) is 42.5. The smallest absolute Gasteiger partial charge is 0.127 e. The Kier molecular flexibility index (Phi) is 10.9. The van der Waals surface area contributed by atoms with Crippen LogP contribution in [0.2, 0.25) is 0 Å². The Morgan fingerprint density at radius 3 is 0.746 bits per heavy atom. The molecule has 0 amide bonds. The molecule has 0 saturated heterocycles. The molecule has 0 aliphatic heterocycles. The van der Waals surface area contributed by atoms with Crippen LogP contribution in [0.5, 0.6) is 11.5 Å². The summed E-state index contributed by atoms with van der Waals surface area (Å²) in [5.74, 6) is 1.56. The second-order valence-corrected chi connectivity index (χ2v) is 16.1. The summed E-state index contributed by atoms with van der Waals surface area (Å²) in [6.07, 6.45) is 0. The fraction of sp³-hybridized carbons (Fsp3) is 0.0323. The van der Waals surface area contributed by atoms with E-state index in [1.165, 1.54) is 89.0 Å². The van der Waals surface area contributed by atoms with Crippen molar-refractivity contribution in [1.29, 1.82) is 0 Å². The van der Waals surface area contributed by atoms with E-state index in [1.54, 1.807) is 0 Å². The number of rotatable bonds is 10. The van der Waals surface area contributed by atoms with Gasteiger partial charge in [-0.2, -0.15) is 0 Å². The van der Waals surface area contributed by atoms with Gasteiger partial charge in [0.1, 0.15) is 11.5 Å². The average molecular weight is 807 g/mol. The van der Waals surface area contributed by atoms with Crippen LogP contribution < -0.4 is 4.74 Å². The lowest BCUT2D eigenvalue weighted by atomic mass is 9.80. The first-order valence-electron chi connectivity index (χ1n) is 21.7. The van der Waals surface area contributed by atoms with Crippen LogP contribution >= 0.6 is 0 Å². The topological polar surface area (TPSA) is 9.23 Å². The highest BCUT2D eigenvalue weighted by molar-refractivity contribution is 6.04. The standard InChI is InChI=1S/C62H46O/c1-43-41-55(45-21-9-3-10-22-45)59(61(49-29-17-7-18-30-49)57(43)47-25-13-5-14-26-47)51-33-37-53(38-34-51)63-54-39-35-52(36-40-54)60-56(46-23-11-4-12-24-46)42-44(2)58(48-27-15-6-16-28-48)62(60)50-31-19-8-20-32-50/h3-42H,1-2H3. The fourth-order valence-corrected chi connectivity index (χ4v) is 9.18. The molecule has 0 spiro atoms. The van der Waals surface area contributed by atoms with Gasteiger partial charge in [-0.25, -0.2) is 0 Å². The molecule has 0 fully saturated rings. The van der Waals surface area contributed by atoms with E-state index in [4.69, 9.17) is 4.74 Å². The molecule has 0 aromatic heterocycles. The molecule has 0 aliphatic rings. The van der Waals surface area contributed by atoms with E-state index < -0.39 is 0 Å². The second kappa shape index (κ2) is 17.5. The Balaban J connectivity index is 1.06. The maximum Gasteiger partial charge on any atom is 0.127 e. The third-order valence-corrected chi connectivity index (χ3v) is 12.0. The van der Waals surface area contributed by atoms with Gasteiger partial charge in [0.15, 0.2) is 0 Å². The normalized spacial score (nSPS) is 11.0. The number of aryl methyl sites for hydroxylation is 2. The van der Waals surface area contributed by atoms with Gasteiger partial charge in [0.2, 0.25) is 0 Å². The lowest BCUT2D eigenvalue weighted by molar-refractivity contribution is 0.483. The van der Waals surface area contributed by atoms with Crippen molar-refractivity contribution in [2.24, 2.45) is 0 Å². The van der Waals surface area contributed by atoms with Gasteiger partial charge >= 0.3 is 0 Å². The predicted octanol–water partition coefficient (Wildman–Crippen LogP) is 17.4. The van der Waals surface area contributed by atoms with Crippen LogP contribution in [-0.4, -0.2) is 0 Å². The van der Waals surface area contributed by atoms with E-state index in [0.29, 0.717) is 0 Å². The number of benzene rings is 10. The van der Waals surface area contributed by atoms with Crippen molar-refractivity contribution in [2.75, 3.05) is 0 Å². The van der Waals surface area contributed by atoms with Crippen LogP contribution in [0.1, 0.15) is 11.1 Å². The quantitative estimate of drug-likeness (QED) is 0.134. The molecular weight excluding hydrogens is 761 g/mol. The van der Waals surface area contributed by atoms with Gasteiger partial charge in [0, 0.05) is 0 Å². The average Bonchev–Trinajstić information content (AvgIpc) is 3.35. The first-order chi connectivity index (χ1) is 31.1. The molecule has 10 aromatic rings. The molecule has 0 bridgehead atoms. The molecule has 10 rings (SSSR count). The van der Waals surface area contributed by atoms with Crippen molar-refractivity contribution in [1.82, 2.24) is 0 Å². The van der Waals surface area contributed by atoms with Gasteiger partial charge in [-0.15, -0.1) is 0 Å². The third-order valence-electron chi connectivity index (χ3n) is 12.0. The zero-order valence-corrected chi connectivity index (χ0v) is 35.5. The van der Waals surface area contributed by atoms with Crippen LogP contribution in [0.4, 0.5) is 0 Å². The first-order valence-corrected chi connectivity index (χ1v) is 21.7. The van der Waals surface area contributed by atoms with Crippen molar-refractivity contribution in [2.45, 2.75) is 13.8 Å². The van der Waals surface area contributed by atoms with Crippen LogP contribution in [0.25, 0.3) is 89.0 Å². The third kappa shape index (κ3) is 7.89. The highest BCUT2D eigenvalue weighted by atomic mass is 16.5. The van der Waals surface area contributed by atoms with Gasteiger partial charge in [0.05, 0.1) is 0 Å². The lowest BCUT2D eigenvalue weighted by Crippen LogP contribution is -1.98. The number of ether oxygens (including phenoxy) is 1. The molecule has 0 heterocycles. The molecule has 0 N–H and O–H groups in total. The Morgan fingerprint density at radius 2 is 0.460 bits per heavy atom. The van der Waals surface area contributed by atoms with Crippen LogP contribution in [0, 0.1) is 13.8 Å². The molecule has 0 atom stereocenters. The van der Waals surface area contributed by atoms with E-state index in [0.717, 1.165) is 22.6 Å². The summed E-state index contributed by atoms with van der Waals surface area (Å²) in [5.41, 5.74) is 21.6. The molecule has 10 aromatic carbocycles. The van der Waals surface area contributed by atoms with Gasteiger partial charge < -0.3 is 4.74 Å².